The molecule has 4 heterocycles. The molecule has 2 amide bonds. The minimum absolute atomic E-state index is 0.0194. The van der Waals surface area contributed by atoms with Gasteiger partial charge in [-0.15, -0.1) is 0 Å². The number of hydrogen-bond donors (Lipinski definition) is 2. The van der Waals surface area contributed by atoms with E-state index < -0.39 is 0 Å². The second-order valence-corrected chi connectivity index (χ2v) is 8.01. The van der Waals surface area contributed by atoms with Gasteiger partial charge < -0.3 is 19.4 Å². The maximum atomic E-state index is 13.2. The number of morpholine rings is 1. The van der Waals surface area contributed by atoms with Crippen LogP contribution in [0.3, 0.4) is 0 Å². The number of rotatable bonds is 4. The summed E-state index contributed by atoms with van der Waals surface area (Å²) < 4.78 is 12.8. The molecule has 2 N–H and O–H groups in total. The van der Waals surface area contributed by atoms with E-state index in [1.54, 1.807) is 28.5 Å². The highest BCUT2D eigenvalue weighted by Crippen LogP contribution is 2.32. The quantitative estimate of drug-likeness (QED) is 0.492. The summed E-state index contributed by atoms with van der Waals surface area (Å²) in [5, 5.41) is 6.23. The van der Waals surface area contributed by atoms with E-state index in [0.29, 0.717) is 59.9 Å². The lowest BCUT2D eigenvalue weighted by atomic mass is 10.1. The number of hydrogen-bond acceptors (Lipinski definition) is 6. The fourth-order valence-corrected chi connectivity index (χ4v) is 4.19. The molecule has 0 aliphatic carbocycles. The zero-order valence-corrected chi connectivity index (χ0v) is 18.3. The standard InChI is InChI=1S/C23H23N5O5/c1-13-16(14(2)28-18(24-13)12-20(30)26-28)11-19(29)25-21-15-5-3-4-6-17(15)33-22(21)23(31)27-7-9-32-10-8-27/h3-6,12H,7-11H2,1-2H3,(H,25,29)(H,26,30). The van der Waals surface area contributed by atoms with Crippen molar-refractivity contribution in [1.29, 1.82) is 0 Å². The number of fused-ring (bicyclic) bond motifs is 2. The van der Waals surface area contributed by atoms with Gasteiger partial charge in [0.15, 0.2) is 5.65 Å². The molecule has 3 aromatic heterocycles. The summed E-state index contributed by atoms with van der Waals surface area (Å²) in [5.74, 6) is -0.507. The summed E-state index contributed by atoms with van der Waals surface area (Å²) in [6, 6.07) is 8.61. The molecule has 1 fully saturated rings. The van der Waals surface area contributed by atoms with Gasteiger partial charge in [-0.25, -0.2) is 9.50 Å². The number of amides is 2. The Kier molecular flexibility index (Phi) is 5.21. The van der Waals surface area contributed by atoms with Gasteiger partial charge in [0.05, 0.1) is 19.6 Å². The summed E-state index contributed by atoms with van der Waals surface area (Å²) in [5.41, 5.74) is 3.18. The number of aryl methyl sites for hydroxylation is 2. The number of carbonyl (C=O) groups is 2. The molecule has 33 heavy (non-hydrogen) atoms. The highest BCUT2D eigenvalue weighted by atomic mass is 16.5. The Morgan fingerprint density at radius 2 is 1.94 bits per heavy atom. The number of ether oxygens (including phenoxy) is 1. The average molecular weight is 449 g/mol. The van der Waals surface area contributed by atoms with Crippen molar-refractivity contribution in [2.75, 3.05) is 31.6 Å². The molecule has 0 saturated carbocycles. The molecule has 1 aliphatic rings. The molecule has 5 rings (SSSR count). The van der Waals surface area contributed by atoms with Gasteiger partial charge in [-0.2, -0.15) is 0 Å². The first kappa shape index (κ1) is 21.0. The fourth-order valence-electron chi connectivity index (χ4n) is 4.19. The average Bonchev–Trinajstić information content (AvgIpc) is 3.37. The third kappa shape index (κ3) is 3.78. The number of benzene rings is 1. The molecule has 0 atom stereocenters. The zero-order valence-electron chi connectivity index (χ0n) is 18.3. The van der Waals surface area contributed by atoms with Gasteiger partial charge in [-0.05, 0) is 26.0 Å². The third-order valence-corrected chi connectivity index (χ3v) is 5.89. The van der Waals surface area contributed by atoms with Crippen LogP contribution in [0.1, 0.15) is 27.5 Å². The maximum absolute atomic E-state index is 13.2. The second-order valence-electron chi connectivity index (χ2n) is 8.01. The van der Waals surface area contributed by atoms with Crippen molar-refractivity contribution in [3.05, 3.63) is 63.4 Å². The number of aromatic nitrogens is 3. The number of carbonyl (C=O) groups excluding carboxylic acids is 2. The summed E-state index contributed by atoms with van der Waals surface area (Å²) >= 11 is 0. The summed E-state index contributed by atoms with van der Waals surface area (Å²) in [6.07, 6.45) is 0.0194. The first-order chi connectivity index (χ1) is 15.9. The van der Waals surface area contributed by atoms with E-state index in [0.717, 1.165) is 5.69 Å². The number of nitrogens with zero attached hydrogens (tertiary/aromatic N) is 3. The van der Waals surface area contributed by atoms with Crippen LogP contribution in [0.2, 0.25) is 0 Å². The second kappa shape index (κ2) is 8.21. The lowest BCUT2D eigenvalue weighted by Gasteiger charge is -2.26. The van der Waals surface area contributed by atoms with Gasteiger partial charge in [0, 0.05) is 41.5 Å². The summed E-state index contributed by atoms with van der Waals surface area (Å²) in [6.45, 7) is 5.46. The SMILES string of the molecule is Cc1nc2cc(=O)[nH]n2c(C)c1CC(=O)Nc1c(C(=O)N2CCOCC2)oc2ccccc12. The van der Waals surface area contributed by atoms with Crippen molar-refractivity contribution in [1.82, 2.24) is 19.5 Å². The Hall–Kier alpha value is -3.92. The predicted octanol–water partition coefficient (Wildman–Crippen LogP) is 2.04. The van der Waals surface area contributed by atoms with Crippen molar-refractivity contribution >= 4 is 34.1 Å². The molecule has 0 bridgehead atoms. The largest absolute Gasteiger partial charge is 0.449 e. The van der Waals surface area contributed by atoms with E-state index in [-0.39, 0.29) is 29.6 Å². The first-order valence-electron chi connectivity index (χ1n) is 10.7. The Morgan fingerprint density at radius 1 is 1.18 bits per heavy atom. The molecule has 0 radical (unpaired) electrons. The number of nitrogens with one attached hydrogen (secondary N) is 2. The van der Waals surface area contributed by atoms with E-state index in [1.807, 2.05) is 19.1 Å². The van der Waals surface area contributed by atoms with Crippen LogP contribution >= 0.6 is 0 Å². The molecule has 0 spiro atoms. The van der Waals surface area contributed by atoms with E-state index in [4.69, 9.17) is 9.15 Å². The van der Waals surface area contributed by atoms with Crippen LogP contribution in [-0.2, 0) is 16.0 Å². The van der Waals surface area contributed by atoms with Gasteiger partial charge in [0.1, 0.15) is 11.3 Å². The maximum Gasteiger partial charge on any atom is 0.291 e. The van der Waals surface area contributed by atoms with Gasteiger partial charge in [-0.3, -0.25) is 19.5 Å². The van der Waals surface area contributed by atoms with Crippen LogP contribution in [0.15, 0.2) is 39.5 Å². The molecule has 10 heteroatoms. The van der Waals surface area contributed by atoms with Gasteiger partial charge in [0.25, 0.3) is 11.5 Å². The van der Waals surface area contributed by atoms with E-state index in [9.17, 15) is 14.4 Å². The van der Waals surface area contributed by atoms with E-state index in [1.165, 1.54) is 6.07 Å². The van der Waals surface area contributed by atoms with Gasteiger partial charge in [0.2, 0.25) is 11.7 Å². The number of para-hydroxylation sites is 1. The van der Waals surface area contributed by atoms with Crippen LogP contribution in [-0.4, -0.2) is 57.6 Å². The van der Waals surface area contributed by atoms with Gasteiger partial charge in [-0.1, -0.05) is 12.1 Å². The topological polar surface area (TPSA) is 122 Å². The van der Waals surface area contributed by atoms with E-state index in [2.05, 4.69) is 15.4 Å². The number of aromatic amines is 1. The highest BCUT2D eigenvalue weighted by molar-refractivity contribution is 6.11. The molecular formula is C23H23N5O5. The predicted molar refractivity (Wildman–Crippen MR) is 121 cm³/mol. The van der Waals surface area contributed by atoms with Crippen molar-refractivity contribution < 1.29 is 18.7 Å². The third-order valence-electron chi connectivity index (χ3n) is 5.89. The van der Waals surface area contributed by atoms with Crippen LogP contribution in [0.5, 0.6) is 0 Å². The van der Waals surface area contributed by atoms with Crippen molar-refractivity contribution in [2.45, 2.75) is 20.3 Å². The van der Waals surface area contributed by atoms with Crippen LogP contribution in [0.25, 0.3) is 16.6 Å². The first-order valence-corrected chi connectivity index (χ1v) is 10.7. The lowest BCUT2D eigenvalue weighted by Crippen LogP contribution is -2.40. The smallest absolute Gasteiger partial charge is 0.291 e. The highest BCUT2D eigenvalue weighted by Gasteiger charge is 2.28. The van der Waals surface area contributed by atoms with Crippen molar-refractivity contribution in [3.8, 4) is 0 Å². The summed E-state index contributed by atoms with van der Waals surface area (Å²) in [7, 11) is 0. The minimum atomic E-state index is -0.320. The molecule has 10 nitrogen and oxygen atoms in total. The Bertz CT molecular complexity index is 1440. The van der Waals surface area contributed by atoms with Crippen LogP contribution in [0.4, 0.5) is 5.69 Å². The minimum Gasteiger partial charge on any atom is -0.449 e. The number of furan rings is 1. The molecular weight excluding hydrogens is 426 g/mol. The monoisotopic (exact) mass is 449 g/mol. The molecule has 1 saturated heterocycles. The molecule has 1 aliphatic heterocycles. The normalized spacial score (nSPS) is 14.2. The molecule has 4 aromatic rings. The van der Waals surface area contributed by atoms with Crippen molar-refractivity contribution in [2.24, 2.45) is 0 Å². The Balaban J connectivity index is 1.48. The molecule has 1 aromatic carbocycles. The lowest BCUT2D eigenvalue weighted by molar-refractivity contribution is -0.115. The van der Waals surface area contributed by atoms with Crippen molar-refractivity contribution in [3.63, 3.8) is 0 Å². The van der Waals surface area contributed by atoms with E-state index >= 15 is 0 Å². The fraction of sp³-hybridized carbons (Fsp3) is 0.304. The zero-order chi connectivity index (χ0) is 23.1. The number of H-pyrrole nitrogens is 1. The Morgan fingerprint density at radius 3 is 2.73 bits per heavy atom. The summed E-state index contributed by atoms with van der Waals surface area (Å²) in [4.78, 5) is 44.1. The van der Waals surface area contributed by atoms with Gasteiger partial charge >= 0.3 is 0 Å². The van der Waals surface area contributed by atoms with Crippen LogP contribution < -0.4 is 10.9 Å². The number of anilines is 1. The molecule has 0 unspecified atom stereocenters. The Labute approximate surface area is 188 Å². The van der Waals surface area contributed by atoms with Crippen LogP contribution in [0, 0.1) is 13.8 Å². The molecule has 170 valence electrons.